The molecule has 7 nitrogen and oxygen atoms in total. The van der Waals surface area contributed by atoms with Gasteiger partial charge in [0.2, 0.25) is 15.9 Å². The van der Waals surface area contributed by atoms with Crippen LogP contribution in [0.3, 0.4) is 0 Å². The van der Waals surface area contributed by atoms with Gasteiger partial charge in [-0.05, 0) is 18.8 Å². The van der Waals surface area contributed by atoms with Gasteiger partial charge < -0.3 is 10.1 Å². The fraction of sp³-hybridized carbons (Fsp3) is 0.833. The molecule has 1 atom stereocenters. The Balaban J connectivity index is 4.51. The minimum absolute atomic E-state index is 0.0340. The second-order valence-electron chi connectivity index (χ2n) is 4.91. The number of carbonyl (C=O) groups excluding carboxylic acids is 2. The van der Waals surface area contributed by atoms with E-state index in [2.05, 4.69) is 14.8 Å². The maximum Gasteiger partial charge on any atom is 0.305 e. The summed E-state index contributed by atoms with van der Waals surface area (Å²) in [5, 5.41) is 2.44. The molecule has 0 aliphatic carbocycles. The van der Waals surface area contributed by atoms with E-state index in [-0.39, 0.29) is 30.4 Å². The molecule has 0 aliphatic rings. The van der Waals surface area contributed by atoms with Crippen LogP contribution < -0.4 is 10.0 Å². The van der Waals surface area contributed by atoms with Gasteiger partial charge in [0.05, 0.1) is 12.9 Å². The number of ether oxygens (including phenoxy) is 1. The van der Waals surface area contributed by atoms with E-state index >= 15 is 0 Å². The number of amides is 1. The summed E-state index contributed by atoms with van der Waals surface area (Å²) in [7, 11) is -0.895. The predicted octanol–water partition coefficient (Wildman–Crippen LogP) is 0.0197. The van der Waals surface area contributed by atoms with Crippen LogP contribution in [0, 0.1) is 5.92 Å². The largest absolute Gasteiger partial charge is 0.469 e. The zero-order chi connectivity index (χ0) is 15.8. The van der Waals surface area contributed by atoms with Gasteiger partial charge in [0.25, 0.3) is 0 Å². The molecule has 1 amide bonds. The molecule has 0 saturated heterocycles. The second-order valence-corrected chi connectivity index (χ2v) is 6.79. The molecule has 0 saturated carbocycles. The zero-order valence-corrected chi connectivity index (χ0v) is 13.2. The fourth-order valence-corrected chi connectivity index (χ4v) is 2.92. The van der Waals surface area contributed by atoms with Crippen LogP contribution in [0.25, 0.3) is 0 Å². The number of methoxy groups -OCH3 is 1. The molecule has 0 bridgehead atoms. The first-order valence-electron chi connectivity index (χ1n) is 6.50. The Morgan fingerprint density at radius 1 is 1.25 bits per heavy atom. The molecule has 2 N–H and O–H groups in total. The van der Waals surface area contributed by atoms with Crippen molar-refractivity contribution in [3.8, 4) is 0 Å². The average molecular weight is 308 g/mol. The van der Waals surface area contributed by atoms with Crippen LogP contribution in [0.2, 0.25) is 0 Å². The summed E-state index contributed by atoms with van der Waals surface area (Å²) in [6.07, 6.45) is 0.603. The molecule has 118 valence electrons. The normalized spacial score (nSPS) is 13.1. The van der Waals surface area contributed by atoms with Gasteiger partial charge in [-0.25, -0.2) is 13.1 Å². The number of rotatable bonds is 9. The third-order valence-electron chi connectivity index (χ3n) is 2.61. The summed E-state index contributed by atoms with van der Waals surface area (Å²) >= 11 is 0. The van der Waals surface area contributed by atoms with Crippen molar-refractivity contribution in [2.45, 2.75) is 39.2 Å². The molecule has 0 aromatic carbocycles. The van der Waals surface area contributed by atoms with E-state index in [1.165, 1.54) is 14.2 Å². The third-order valence-corrected chi connectivity index (χ3v) is 4.08. The lowest BCUT2D eigenvalue weighted by atomic mass is 10.0. The van der Waals surface area contributed by atoms with Crippen LogP contribution in [0.1, 0.15) is 33.1 Å². The molecule has 8 heteroatoms. The van der Waals surface area contributed by atoms with Gasteiger partial charge in [0.15, 0.2) is 0 Å². The summed E-state index contributed by atoms with van der Waals surface area (Å²) in [5.74, 6) is -0.858. The highest BCUT2D eigenvalue weighted by Gasteiger charge is 2.24. The standard InChI is InChI=1S/C12H24N2O5S/c1-9(2)8-10(12(16)13-3)14-20(17,18)7-5-6-11(15)19-4/h9-10,14H,5-8H2,1-4H3,(H,13,16). The van der Waals surface area contributed by atoms with Crippen molar-refractivity contribution in [1.82, 2.24) is 10.0 Å². The minimum atomic E-state index is -3.60. The van der Waals surface area contributed by atoms with Gasteiger partial charge in [-0.1, -0.05) is 13.8 Å². The number of nitrogens with one attached hydrogen (secondary N) is 2. The Morgan fingerprint density at radius 3 is 2.30 bits per heavy atom. The zero-order valence-electron chi connectivity index (χ0n) is 12.4. The van der Waals surface area contributed by atoms with Crippen molar-refractivity contribution in [3.63, 3.8) is 0 Å². The number of esters is 1. The topological polar surface area (TPSA) is 102 Å². The van der Waals surface area contributed by atoms with Gasteiger partial charge in [0.1, 0.15) is 6.04 Å². The van der Waals surface area contributed by atoms with Crippen LogP contribution in [-0.2, 0) is 24.3 Å². The van der Waals surface area contributed by atoms with Crippen LogP contribution in [0.5, 0.6) is 0 Å². The summed E-state index contributed by atoms with van der Waals surface area (Å²) in [6.45, 7) is 3.81. The highest BCUT2D eigenvalue weighted by Crippen LogP contribution is 2.07. The highest BCUT2D eigenvalue weighted by atomic mass is 32.2. The summed E-state index contributed by atoms with van der Waals surface area (Å²) in [6, 6.07) is -0.789. The summed E-state index contributed by atoms with van der Waals surface area (Å²) in [4.78, 5) is 22.6. The highest BCUT2D eigenvalue weighted by molar-refractivity contribution is 7.89. The molecule has 0 heterocycles. The molecule has 0 radical (unpaired) electrons. The van der Waals surface area contributed by atoms with Crippen LogP contribution >= 0.6 is 0 Å². The number of sulfonamides is 1. The number of hydrogen-bond donors (Lipinski definition) is 2. The van der Waals surface area contributed by atoms with E-state index in [4.69, 9.17) is 0 Å². The summed E-state index contributed by atoms with van der Waals surface area (Å²) in [5.41, 5.74) is 0. The predicted molar refractivity (Wildman–Crippen MR) is 75.5 cm³/mol. The van der Waals surface area contributed by atoms with Crippen molar-refractivity contribution >= 4 is 21.9 Å². The quantitative estimate of drug-likeness (QED) is 0.585. The van der Waals surface area contributed by atoms with Crippen molar-refractivity contribution in [1.29, 1.82) is 0 Å². The lowest BCUT2D eigenvalue weighted by Gasteiger charge is -2.19. The minimum Gasteiger partial charge on any atom is -0.469 e. The first-order valence-corrected chi connectivity index (χ1v) is 8.15. The monoisotopic (exact) mass is 308 g/mol. The molecular weight excluding hydrogens is 284 g/mol. The van der Waals surface area contributed by atoms with E-state index in [9.17, 15) is 18.0 Å². The van der Waals surface area contributed by atoms with Gasteiger partial charge in [-0.2, -0.15) is 0 Å². The van der Waals surface area contributed by atoms with Crippen LogP contribution in [0.4, 0.5) is 0 Å². The van der Waals surface area contributed by atoms with Crippen LogP contribution in [-0.4, -0.2) is 46.2 Å². The Kier molecular flexibility index (Phi) is 8.40. The number of hydrogen-bond acceptors (Lipinski definition) is 5. The number of carbonyl (C=O) groups is 2. The van der Waals surface area contributed by atoms with E-state index in [0.717, 1.165) is 0 Å². The molecule has 0 aromatic heterocycles. The number of likely N-dealkylation sites (N-methyl/N-ethyl adjacent to an activating group) is 1. The van der Waals surface area contributed by atoms with E-state index in [1.807, 2.05) is 13.8 Å². The van der Waals surface area contributed by atoms with E-state index in [0.29, 0.717) is 6.42 Å². The fourth-order valence-electron chi connectivity index (χ4n) is 1.64. The first kappa shape index (κ1) is 18.9. The van der Waals surface area contributed by atoms with E-state index < -0.39 is 22.0 Å². The molecule has 0 rings (SSSR count). The van der Waals surface area contributed by atoms with Crippen molar-refractivity contribution in [2.75, 3.05) is 19.9 Å². The lowest BCUT2D eigenvalue weighted by molar-refractivity contribution is -0.140. The van der Waals surface area contributed by atoms with Gasteiger partial charge in [-0.15, -0.1) is 0 Å². The van der Waals surface area contributed by atoms with Crippen molar-refractivity contribution < 1.29 is 22.7 Å². The Labute approximate surface area is 120 Å². The van der Waals surface area contributed by atoms with Gasteiger partial charge in [0, 0.05) is 13.5 Å². The SMILES string of the molecule is CNC(=O)C(CC(C)C)NS(=O)(=O)CCCC(=O)OC. The molecule has 20 heavy (non-hydrogen) atoms. The maximum atomic E-state index is 11.9. The maximum absolute atomic E-state index is 11.9. The molecular formula is C12H24N2O5S. The Hall–Kier alpha value is -1.15. The smallest absolute Gasteiger partial charge is 0.305 e. The van der Waals surface area contributed by atoms with E-state index in [1.54, 1.807) is 0 Å². The average Bonchev–Trinajstić information content (AvgIpc) is 2.35. The van der Waals surface area contributed by atoms with Gasteiger partial charge >= 0.3 is 5.97 Å². The van der Waals surface area contributed by atoms with Crippen molar-refractivity contribution in [2.24, 2.45) is 5.92 Å². The summed E-state index contributed by atoms with van der Waals surface area (Å²) < 4.78 is 30.6. The Bertz CT molecular complexity index is 420. The van der Waals surface area contributed by atoms with Crippen molar-refractivity contribution in [3.05, 3.63) is 0 Å². The second kappa shape index (κ2) is 8.91. The third kappa shape index (κ3) is 8.11. The lowest BCUT2D eigenvalue weighted by Crippen LogP contribution is -2.47. The first-order chi connectivity index (χ1) is 9.21. The molecule has 0 spiro atoms. The van der Waals surface area contributed by atoms with Gasteiger partial charge in [-0.3, -0.25) is 9.59 Å². The Morgan fingerprint density at radius 2 is 1.85 bits per heavy atom. The molecule has 0 aromatic rings. The molecule has 0 fully saturated rings. The molecule has 1 unspecified atom stereocenters. The molecule has 0 aliphatic heterocycles. The van der Waals surface area contributed by atoms with Crippen LogP contribution in [0.15, 0.2) is 0 Å².